The van der Waals surface area contributed by atoms with Gasteiger partial charge in [0.2, 0.25) is 0 Å². The number of halogens is 3. The minimum atomic E-state index is -3.03. The summed E-state index contributed by atoms with van der Waals surface area (Å²) < 4.78 is 44.3. The summed E-state index contributed by atoms with van der Waals surface area (Å²) in [5, 5.41) is 7.12. The van der Waals surface area contributed by atoms with Crippen LogP contribution < -0.4 is 10.1 Å². The second-order valence-electron chi connectivity index (χ2n) is 6.16. The van der Waals surface area contributed by atoms with E-state index in [4.69, 9.17) is 0 Å². The van der Waals surface area contributed by atoms with E-state index < -0.39 is 12.5 Å². The average Bonchev–Trinajstić information content (AvgIpc) is 2.91. The largest absolute Gasteiger partial charge is 0.434 e. The molecular weight excluding hydrogens is 371 g/mol. The molecule has 2 aromatic carbocycles. The Labute approximate surface area is 159 Å². The van der Waals surface area contributed by atoms with E-state index in [-0.39, 0.29) is 17.1 Å². The van der Waals surface area contributed by atoms with Crippen LogP contribution in [-0.4, -0.2) is 22.3 Å². The molecule has 0 atom stereocenters. The average molecular weight is 389 g/mol. The van der Waals surface area contributed by atoms with E-state index in [9.17, 15) is 18.0 Å². The number of nitrogens with zero attached hydrogens (tertiary/aromatic N) is 2. The quantitative estimate of drug-likeness (QED) is 0.673. The standard InChI is InChI=1S/C20H18F3N3O2/c1-12-18(13(2)26(25-12)11-14-7-9-15(21)10-8-14)24-19(27)16-5-3-4-6-17(16)28-20(22)23/h3-10,20H,11H2,1-2H3,(H,24,27). The Balaban J connectivity index is 1.82. The van der Waals surface area contributed by atoms with E-state index in [1.807, 2.05) is 0 Å². The number of para-hydroxylation sites is 1. The minimum absolute atomic E-state index is 0.00659. The van der Waals surface area contributed by atoms with Crippen molar-refractivity contribution in [3.05, 3.63) is 76.9 Å². The molecule has 8 heteroatoms. The number of aromatic nitrogens is 2. The number of carbonyl (C=O) groups excluding carboxylic acids is 1. The number of alkyl halides is 2. The van der Waals surface area contributed by atoms with Crippen LogP contribution in [-0.2, 0) is 6.54 Å². The molecule has 1 amide bonds. The van der Waals surface area contributed by atoms with Gasteiger partial charge in [0, 0.05) is 0 Å². The number of amides is 1. The smallest absolute Gasteiger partial charge is 0.387 e. The minimum Gasteiger partial charge on any atom is -0.434 e. The Morgan fingerprint density at radius 3 is 2.50 bits per heavy atom. The molecule has 0 fully saturated rings. The lowest BCUT2D eigenvalue weighted by molar-refractivity contribution is -0.0501. The van der Waals surface area contributed by atoms with Gasteiger partial charge in [0.1, 0.15) is 11.6 Å². The van der Waals surface area contributed by atoms with E-state index in [0.29, 0.717) is 23.6 Å². The van der Waals surface area contributed by atoms with Crippen molar-refractivity contribution in [2.45, 2.75) is 27.0 Å². The number of nitrogens with one attached hydrogen (secondary N) is 1. The Morgan fingerprint density at radius 2 is 1.82 bits per heavy atom. The van der Waals surface area contributed by atoms with E-state index in [2.05, 4.69) is 15.2 Å². The van der Waals surface area contributed by atoms with Gasteiger partial charge in [-0.1, -0.05) is 24.3 Å². The third-order valence-electron chi connectivity index (χ3n) is 4.21. The van der Waals surface area contributed by atoms with Crippen molar-refractivity contribution in [3.8, 4) is 5.75 Å². The lowest BCUT2D eigenvalue weighted by Crippen LogP contribution is -2.16. The third-order valence-corrected chi connectivity index (χ3v) is 4.21. The summed E-state index contributed by atoms with van der Waals surface area (Å²) in [5.74, 6) is -1.11. The van der Waals surface area contributed by atoms with Gasteiger partial charge in [0.25, 0.3) is 5.91 Å². The summed E-state index contributed by atoms with van der Waals surface area (Å²) in [4.78, 5) is 12.6. The topological polar surface area (TPSA) is 56.2 Å². The Morgan fingerprint density at radius 1 is 1.14 bits per heavy atom. The van der Waals surface area contributed by atoms with Gasteiger partial charge >= 0.3 is 6.61 Å². The number of rotatable bonds is 6. The zero-order valence-corrected chi connectivity index (χ0v) is 15.2. The Bertz CT molecular complexity index is 985. The van der Waals surface area contributed by atoms with Crippen LogP contribution in [0.4, 0.5) is 18.9 Å². The Hall–Kier alpha value is -3.29. The van der Waals surface area contributed by atoms with Gasteiger partial charge < -0.3 is 10.1 Å². The zero-order chi connectivity index (χ0) is 20.3. The number of benzene rings is 2. The van der Waals surface area contributed by atoms with Crippen molar-refractivity contribution in [2.24, 2.45) is 0 Å². The van der Waals surface area contributed by atoms with Crippen molar-refractivity contribution in [3.63, 3.8) is 0 Å². The first kappa shape index (κ1) is 19.5. The molecule has 0 unspecified atom stereocenters. The lowest BCUT2D eigenvalue weighted by atomic mass is 10.1. The fourth-order valence-electron chi connectivity index (χ4n) is 2.83. The number of carbonyl (C=O) groups is 1. The highest BCUT2D eigenvalue weighted by Gasteiger charge is 2.19. The molecule has 0 saturated heterocycles. The van der Waals surface area contributed by atoms with Crippen LogP contribution in [0.25, 0.3) is 0 Å². The fourth-order valence-corrected chi connectivity index (χ4v) is 2.83. The summed E-state index contributed by atoms with van der Waals surface area (Å²) in [6, 6.07) is 11.8. The normalized spacial score (nSPS) is 10.9. The maximum Gasteiger partial charge on any atom is 0.387 e. The van der Waals surface area contributed by atoms with Crippen molar-refractivity contribution in [1.29, 1.82) is 0 Å². The Kier molecular flexibility index (Phi) is 5.67. The molecule has 0 bridgehead atoms. The predicted molar refractivity (Wildman–Crippen MR) is 98.2 cm³/mol. The molecule has 1 aromatic heterocycles. The third kappa shape index (κ3) is 4.33. The van der Waals surface area contributed by atoms with E-state index in [1.54, 1.807) is 36.7 Å². The first-order valence-corrected chi connectivity index (χ1v) is 8.49. The van der Waals surface area contributed by atoms with Crippen molar-refractivity contribution in [2.75, 3.05) is 5.32 Å². The molecule has 0 saturated carbocycles. The van der Waals surface area contributed by atoms with Gasteiger partial charge in [-0.05, 0) is 43.7 Å². The second kappa shape index (κ2) is 8.16. The molecule has 0 aliphatic carbocycles. The fraction of sp³-hybridized carbons (Fsp3) is 0.200. The van der Waals surface area contributed by atoms with Gasteiger partial charge in [0.05, 0.1) is 29.2 Å². The van der Waals surface area contributed by atoms with Crippen LogP contribution in [0.5, 0.6) is 5.75 Å². The number of ether oxygens (including phenoxy) is 1. The SMILES string of the molecule is Cc1nn(Cc2ccc(F)cc2)c(C)c1NC(=O)c1ccccc1OC(F)F. The monoisotopic (exact) mass is 389 g/mol. The van der Waals surface area contributed by atoms with Crippen LogP contribution in [0.15, 0.2) is 48.5 Å². The molecule has 146 valence electrons. The summed E-state index contributed by atoms with van der Waals surface area (Å²) in [6.07, 6.45) is 0. The number of hydrogen-bond acceptors (Lipinski definition) is 3. The van der Waals surface area contributed by atoms with Crippen molar-refractivity contribution in [1.82, 2.24) is 9.78 Å². The highest BCUT2D eigenvalue weighted by molar-refractivity contribution is 6.06. The maximum atomic E-state index is 13.1. The predicted octanol–water partition coefficient (Wildman–Crippen LogP) is 4.54. The summed E-state index contributed by atoms with van der Waals surface area (Å²) >= 11 is 0. The highest BCUT2D eigenvalue weighted by atomic mass is 19.3. The zero-order valence-electron chi connectivity index (χ0n) is 15.2. The number of hydrogen-bond donors (Lipinski definition) is 1. The molecule has 0 spiro atoms. The van der Waals surface area contributed by atoms with E-state index in [1.165, 1.54) is 30.3 Å². The molecule has 0 aliphatic heterocycles. The first-order valence-electron chi connectivity index (χ1n) is 8.49. The van der Waals surface area contributed by atoms with Gasteiger partial charge in [-0.25, -0.2) is 4.39 Å². The molecule has 5 nitrogen and oxygen atoms in total. The molecule has 0 radical (unpaired) electrons. The van der Waals surface area contributed by atoms with E-state index in [0.717, 1.165) is 5.56 Å². The van der Waals surface area contributed by atoms with Gasteiger partial charge in [-0.15, -0.1) is 0 Å². The van der Waals surface area contributed by atoms with Crippen LogP contribution in [0.2, 0.25) is 0 Å². The first-order chi connectivity index (χ1) is 13.3. The van der Waals surface area contributed by atoms with Crippen LogP contribution in [0, 0.1) is 19.7 Å². The number of anilines is 1. The van der Waals surface area contributed by atoms with Crippen LogP contribution >= 0.6 is 0 Å². The van der Waals surface area contributed by atoms with Crippen LogP contribution in [0.3, 0.4) is 0 Å². The lowest BCUT2D eigenvalue weighted by Gasteiger charge is -2.11. The molecule has 3 aromatic rings. The summed E-state index contributed by atoms with van der Waals surface area (Å²) in [7, 11) is 0. The summed E-state index contributed by atoms with van der Waals surface area (Å²) in [6.45, 7) is 0.871. The maximum absolute atomic E-state index is 13.1. The van der Waals surface area contributed by atoms with Gasteiger partial charge in [0.15, 0.2) is 0 Å². The van der Waals surface area contributed by atoms with E-state index >= 15 is 0 Å². The van der Waals surface area contributed by atoms with Gasteiger partial charge in [-0.3, -0.25) is 9.48 Å². The van der Waals surface area contributed by atoms with Crippen LogP contribution in [0.1, 0.15) is 27.3 Å². The van der Waals surface area contributed by atoms with Gasteiger partial charge in [-0.2, -0.15) is 13.9 Å². The molecule has 3 rings (SSSR count). The number of aryl methyl sites for hydroxylation is 1. The second-order valence-corrected chi connectivity index (χ2v) is 6.16. The molecule has 28 heavy (non-hydrogen) atoms. The molecule has 0 aliphatic rings. The molecule has 1 heterocycles. The molecule has 1 N–H and O–H groups in total. The summed E-state index contributed by atoms with van der Waals surface area (Å²) in [5.41, 5.74) is 2.58. The highest BCUT2D eigenvalue weighted by Crippen LogP contribution is 2.25. The van der Waals surface area contributed by atoms with Crippen molar-refractivity contribution < 1.29 is 22.7 Å². The molecular formula is C20H18F3N3O2. The van der Waals surface area contributed by atoms with Crippen molar-refractivity contribution >= 4 is 11.6 Å².